The van der Waals surface area contributed by atoms with Gasteiger partial charge in [-0.05, 0) is 35.4 Å². The molecule has 2 aliphatic heterocycles. The Morgan fingerprint density at radius 2 is 2.07 bits per heavy atom. The molecule has 3 heterocycles. The molecule has 0 fully saturated rings. The van der Waals surface area contributed by atoms with Crippen LogP contribution in [0.2, 0.25) is 5.02 Å². The highest BCUT2D eigenvalue weighted by Crippen LogP contribution is 2.47. The van der Waals surface area contributed by atoms with Gasteiger partial charge in [-0.15, -0.1) is 0 Å². The lowest BCUT2D eigenvalue weighted by molar-refractivity contribution is -0.139. The van der Waals surface area contributed by atoms with E-state index in [1.165, 1.54) is 17.9 Å². The summed E-state index contributed by atoms with van der Waals surface area (Å²) in [6.07, 6.45) is 2.01. The van der Waals surface area contributed by atoms with E-state index in [4.69, 9.17) is 11.6 Å². The number of phenols is 1. The van der Waals surface area contributed by atoms with Gasteiger partial charge < -0.3 is 15.0 Å². The number of carbonyl (C=O) groups excluding carboxylic acids is 2. The molecule has 7 heteroatoms. The van der Waals surface area contributed by atoms with Crippen LogP contribution < -0.4 is 5.32 Å². The summed E-state index contributed by atoms with van der Waals surface area (Å²) in [6, 6.07) is 11.0. The first kappa shape index (κ1) is 17.8. The second-order valence-corrected chi connectivity index (χ2v) is 7.87. The van der Waals surface area contributed by atoms with Crippen molar-refractivity contribution in [3.63, 3.8) is 0 Å². The number of carbonyl (C=O) groups is 2. The summed E-state index contributed by atoms with van der Waals surface area (Å²) in [6.45, 7) is 1.60. The standard InChI is InChI=1S/C22H18ClN3O3/c1-11(27)26-10-16-21(22(26)29)19(12-6-7-18(28)14(23)8-12)13-9-25(2)17-5-3-4-15(24-16)20(13)17/h3-9,19,24,28H,10H2,1-2H3. The zero-order valence-corrected chi connectivity index (χ0v) is 16.6. The number of amides is 2. The molecule has 6 nitrogen and oxygen atoms in total. The first-order valence-electron chi connectivity index (χ1n) is 9.25. The Morgan fingerprint density at radius 3 is 2.79 bits per heavy atom. The number of aromatic hydroxyl groups is 1. The number of aromatic nitrogens is 1. The molecule has 2 amide bonds. The summed E-state index contributed by atoms with van der Waals surface area (Å²) < 4.78 is 2.03. The van der Waals surface area contributed by atoms with Crippen molar-refractivity contribution in [2.45, 2.75) is 12.8 Å². The van der Waals surface area contributed by atoms with Gasteiger partial charge in [0.05, 0.1) is 22.7 Å². The zero-order valence-electron chi connectivity index (χ0n) is 15.9. The Kier molecular flexibility index (Phi) is 3.76. The highest BCUT2D eigenvalue weighted by atomic mass is 35.5. The van der Waals surface area contributed by atoms with Gasteiger partial charge in [0.15, 0.2) is 0 Å². The molecule has 2 aliphatic rings. The predicted octanol–water partition coefficient (Wildman–Crippen LogP) is 3.74. The van der Waals surface area contributed by atoms with Gasteiger partial charge in [-0.3, -0.25) is 14.5 Å². The summed E-state index contributed by atoms with van der Waals surface area (Å²) in [4.78, 5) is 26.6. The molecular weight excluding hydrogens is 390 g/mol. The molecule has 2 N–H and O–H groups in total. The van der Waals surface area contributed by atoms with Gasteiger partial charge in [-0.2, -0.15) is 0 Å². The molecule has 146 valence electrons. The smallest absolute Gasteiger partial charge is 0.259 e. The summed E-state index contributed by atoms with van der Waals surface area (Å²) in [7, 11) is 1.96. The third-order valence-electron chi connectivity index (χ3n) is 5.73. The van der Waals surface area contributed by atoms with Gasteiger partial charge in [0.1, 0.15) is 5.75 Å². The van der Waals surface area contributed by atoms with Crippen LogP contribution in [0.15, 0.2) is 53.9 Å². The van der Waals surface area contributed by atoms with Gasteiger partial charge in [-0.25, -0.2) is 0 Å². The number of phenolic OH excluding ortho intramolecular Hbond substituents is 1. The first-order valence-corrected chi connectivity index (χ1v) is 9.63. The van der Waals surface area contributed by atoms with Crippen molar-refractivity contribution < 1.29 is 14.7 Å². The summed E-state index contributed by atoms with van der Waals surface area (Å²) in [5.41, 5.74) is 4.92. The number of rotatable bonds is 1. The highest BCUT2D eigenvalue weighted by Gasteiger charge is 2.41. The maximum absolute atomic E-state index is 13.3. The molecular formula is C22H18ClN3O3. The number of benzene rings is 2. The SMILES string of the molecule is CC(=O)N1CC2=C(C1=O)C(c1ccc(O)c(Cl)c1)c1cn(C)c3cccc(c13)N2. The molecule has 0 bridgehead atoms. The third kappa shape index (κ3) is 2.49. The van der Waals surface area contributed by atoms with Crippen LogP contribution in [0.25, 0.3) is 10.9 Å². The largest absolute Gasteiger partial charge is 0.506 e. The van der Waals surface area contributed by atoms with Crippen molar-refractivity contribution in [2.24, 2.45) is 7.05 Å². The normalized spacial score (nSPS) is 18.1. The topological polar surface area (TPSA) is 74.6 Å². The van der Waals surface area contributed by atoms with Gasteiger partial charge in [-0.1, -0.05) is 23.7 Å². The van der Waals surface area contributed by atoms with Crippen LogP contribution in [0.5, 0.6) is 5.75 Å². The van der Waals surface area contributed by atoms with Crippen LogP contribution in [-0.4, -0.2) is 32.9 Å². The minimum Gasteiger partial charge on any atom is -0.506 e. The van der Waals surface area contributed by atoms with E-state index in [1.807, 2.05) is 36.0 Å². The predicted molar refractivity (Wildman–Crippen MR) is 111 cm³/mol. The van der Waals surface area contributed by atoms with Crippen LogP contribution in [0.3, 0.4) is 0 Å². The molecule has 0 saturated heterocycles. The summed E-state index contributed by atoms with van der Waals surface area (Å²) >= 11 is 6.20. The number of hydrogen-bond donors (Lipinski definition) is 2. The third-order valence-corrected chi connectivity index (χ3v) is 6.03. The monoisotopic (exact) mass is 407 g/mol. The molecule has 2 aromatic carbocycles. The molecule has 1 atom stereocenters. The van der Waals surface area contributed by atoms with Crippen molar-refractivity contribution in [1.82, 2.24) is 9.47 Å². The Bertz CT molecular complexity index is 1260. The van der Waals surface area contributed by atoms with Crippen LogP contribution in [0.1, 0.15) is 24.0 Å². The maximum Gasteiger partial charge on any atom is 0.259 e. The fourth-order valence-corrected chi connectivity index (χ4v) is 4.61. The van der Waals surface area contributed by atoms with Crippen LogP contribution >= 0.6 is 11.6 Å². The minimum absolute atomic E-state index is 0.0157. The maximum atomic E-state index is 13.3. The molecule has 1 unspecified atom stereocenters. The van der Waals surface area contributed by atoms with E-state index >= 15 is 0 Å². The number of nitrogens with zero attached hydrogens (tertiary/aromatic N) is 2. The van der Waals surface area contributed by atoms with Crippen LogP contribution in [0.4, 0.5) is 5.69 Å². The Morgan fingerprint density at radius 1 is 1.28 bits per heavy atom. The molecule has 29 heavy (non-hydrogen) atoms. The average molecular weight is 408 g/mol. The quantitative estimate of drug-likeness (QED) is 0.644. The molecule has 5 rings (SSSR count). The van der Waals surface area contributed by atoms with Crippen molar-refractivity contribution in [1.29, 1.82) is 0 Å². The second kappa shape index (κ2) is 6.12. The fraction of sp³-hybridized carbons (Fsp3) is 0.182. The zero-order chi connectivity index (χ0) is 20.4. The van der Waals surface area contributed by atoms with Gasteiger partial charge in [0.25, 0.3) is 5.91 Å². The number of aryl methyl sites for hydroxylation is 1. The molecule has 0 saturated carbocycles. The van der Waals surface area contributed by atoms with Crippen molar-refractivity contribution in [3.8, 4) is 5.75 Å². The number of imide groups is 1. The summed E-state index contributed by atoms with van der Waals surface area (Å²) in [5.74, 6) is -1.03. The van der Waals surface area contributed by atoms with E-state index in [9.17, 15) is 14.7 Å². The van der Waals surface area contributed by atoms with E-state index < -0.39 is 5.92 Å². The van der Waals surface area contributed by atoms with E-state index in [0.29, 0.717) is 11.3 Å². The Labute approximate surface area is 172 Å². The number of halogens is 1. The molecule has 1 aromatic heterocycles. The van der Waals surface area contributed by atoms with Crippen molar-refractivity contribution in [3.05, 3.63) is 70.0 Å². The lowest BCUT2D eigenvalue weighted by Crippen LogP contribution is -2.33. The van der Waals surface area contributed by atoms with E-state index in [0.717, 1.165) is 27.7 Å². The highest BCUT2D eigenvalue weighted by molar-refractivity contribution is 6.32. The first-order chi connectivity index (χ1) is 13.9. The lowest BCUT2D eigenvalue weighted by atomic mass is 9.84. The van der Waals surface area contributed by atoms with Crippen LogP contribution in [0, 0.1) is 0 Å². The fourth-order valence-electron chi connectivity index (χ4n) is 4.42. The van der Waals surface area contributed by atoms with Crippen molar-refractivity contribution in [2.75, 3.05) is 11.9 Å². The van der Waals surface area contributed by atoms with Crippen molar-refractivity contribution >= 4 is 40.0 Å². The number of nitrogens with one attached hydrogen (secondary N) is 1. The number of anilines is 1. The lowest BCUT2D eigenvalue weighted by Gasteiger charge is -2.20. The average Bonchev–Trinajstić information content (AvgIpc) is 3.13. The molecule has 0 aliphatic carbocycles. The van der Waals surface area contributed by atoms with E-state index in [-0.39, 0.29) is 29.1 Å². The Balaban J connectivity index is 1.82. The Hall–Kier alpha value is -3.25. The van der Waals surface area contributed by atoms with Gasteiger partial charge >= 0.3 is 0 Å². The minimum atomic E-state index is -0.417. The summed E-state index contributed by atoms with van der Waals surface area (Å²) in [5, 5.41) is 14.5. The van der Waals surface area contributed by atoms with Gasteiger partial charge in [0.2, 0.25) is 5.91 Å². The molecule has 0 radical (unpaired) electrons. The second-order valence-electron chi connectivity index (χ2n) is 7.47. The van der Waals surface area contributed by atoms with Gasteiger partial charge in [0, 0.05) is 42.9 Å². The van der Waals surface area contributed by atoms with Crippen LogP contribution in [-0.2, 0) is 16.6 Å². The van der Waals surface area contributed by atoms with E-state index in [1.54, 1.807) is 12.1 Å². The number of hydrogen-bond acceptors (Lipinski definition) is 4. The van der Waals surface area contributed by atoms with E-state index in [2.05, 4.69) is 5.32 Å². The molecule has 0 spiro atoms. The molecule has 3 aromatic rings.